The topological polar surface area (TPSA) is 9.23 Å². The Morgan fingerprint density at radius 1 is 0.889 bits per heavy atom. The van der Waals surface area contributed by atoms with Gasteiger partial charge in [0.1, 0.15) is 0 Å². The molecular weight excluding hydrogens is 220 g/mol. The molecule has 0 atom stereocenters. The average molecular weight is 250 g/mol. The molecule has 0 amide bonds. The van der Waals surface area contributed by atoms with E-state index in [0.29, 0.717) is 0 Å². The molecule has 0 unspecified atom stereocenters. The number of ether oxygens (including phenoxy) is 1. The van der Waals surface area contributed by atoms with Crippen molar-refractivity contribution in [1.82, 2.24) is 0 Å². The first-order valence-electron chi connectivity index (χ1n) is 7.95. The van der Waals surface area contributed by atoms with E-state index in [0.717, 1.165) is 30.3 Å². The quantitative estimate of drug-likeness (QED) is 0.650. The van der Waals surface area contributed by atoms with Crippen LogP contribution in [0.15, 0.2) is 12.2 Å². The summed E-state index contributed by atoms with van der Waals surface area (Å²) in [5, 5.41) is 0. The Morgan fingerprint density at radius 2 is 1.44 bits per heavy atom. The standard InChI is InChI=1S/C17H30O/c1-3-4-14-5-9-16(10-6-14)17-11-7-15(8-12-17)13-18-2/h3-4,14-17H,5-13H2,1-2H3/b4-3-. The maximum Gasteiger partial charge on any atom is 0.0490 e. The SMILES string of the molecule is C/C=C\C1CCC(C2CCC(COC)CC2)CC1. The number of allylic oxidation sites excluding steroid dienone is 2. The van der Waals surface area contributed by atoms with Crippen LogP contribution in [-0.4, -0.2) is 13.7 Å². The summed E-state index contributed by atoms with van der Waals surface area (Å²) in [4.78, 5) is 0. The van der Waals surface area contributed by atoms with E-state index in [1.165, 1.54) is 51.4 Å². The summed E-state index contributed by atoms with van der Waals surface area (Å²) in [7, 11) is 1.84. The van der Waals surface area contributed by atoms with Crippen LogP contribution in [0.4, 0.5) is 0 Å². The molecule has 2 aliphatic rings. The van der Waals surface area contributed by atoms with E-state index in [2.05, 4.69) is 19.1 Å². The lowest BCUT2D eigenvalue weighted by Gasteiger charge is -2.37. The van der Waals surface area contributed by atoms with Crippen LogP contribution in [0.1, 0.15) is 58.3 Å². The minimum atomic E-state index is 0.852. The summed E-state index contributed by atoms with van der Waals surface area (Å²) in [6, 6.07) is 0. The molecule has 0 aromatic rings. The maximum absolute atomic E-state index is 5.30. The van der Waals surface area contributed by atoms with Crippen LogP contribution in [0.25, 0.3) is 0 Å². The molecule has 0 N–H and O–H groups in total. The highest BCUT2D eigenvalue weighted by Gasteiger charge is 2.30. The third kappa shape index (κ3) is 3.85. The monoisotopic (exact) mass is 250 g/mol. The first kappa shape index (κ1) is 14.1. The van der Waals surface area contributed by atoms with Crippen molar-refractivity contribution >= 4 is 0 Å². The van der Waals surface area contributed by atoms with Crippen LogP contribution in [-0.2, 0) is 4.74 Å². The van der Waals surface area contributed by atoms with Gasteiger partial charge in [-0.1, -0.05) is 12.2 Å². The first-order valence-corrected chi connectivity index (χ1v) is 7.95. The highest BCUT2D eigenvalue weighted by Crippen LogP contribution is 2.41. The number of hydrogen-bond donors (Lipinski definition) is 0. The second-order valence-corrected chi connectivity index (χ2v) is 6.44. The van der Waals surface area contributed by atoms with Crippen molar-refractivity contribution < 1.29 is 4.74 Å². The number of hydrogen-bond acceptors (Lipinski definition) is 1. The lowest BCUT2D eigenvalue weighted by molar-refractivity contribution is 0.0957. The van der Waals surface area contributed by atoms with Crippen LogP contribution < -0.4 is 0 Å². The summed E-state index contributed by atoms with van der Waals surface area (Å²) in [6.07, 6.45) is 16.2. The van der Waals surface area contributed by atoms with Gasteiger partial charge in [0.15, 0.2) is 0 Å². The van der Waals surface area contributed by atoms with E-state index in [-0.39, 0.29) is 0 Å². The second kappa shape index (κ2) is 7.33. The predicted molar refractivity (Wildman–Crippen MR) is 77.6 cm³/mol. The van der Waals surface area contributed by atoms with Gasteiger partial charge in [-0.3, -0.25) is 0 Å². The molecule has 18 heavy (non-hydrogen) atoms. The van der Waals surface area contributed by atoms with Gasteiger partial charge in [0.25, 0.3) is 0 Å². The van der Waals surface area contributed by atoms with Gasteiger partial charge in [0.05, 0.1) is 0 Å². The van der Waals surface area contributed by atoms with Crippen LogP contribution in [0.2, 0.25) is 0 Å². The molecule has 1 heteroatoms. The van der Waals surface area contributed by atoms with E-state index in [1.807, 2.05) is 7.11 Å². The molecule has 0 spiro atoms. The van der Waals surface area contributed by atoms with E-state index in [9.17, 15) is 0 Å². The summed E-state index contributed by atoms with van der Waals surface area (Å²) >= 11 is 0. The highest BCUT2D eigenvalue weighted by molar-refractivity contribution is 4.90. The molecule has 0 aliphatic heterocycles. The number of methoxy groups -OCH3 is 1. The molecule has 0 radical (unpaired) electrons. The van der Waals surface area contributed by atoms with Crippen molar-refractivity contribution in [3.63, 3.8) is 0 Å². The normalized spacial score (nSPS) is 38.1. The van der Waals surface area contributed by atoms with Crippen molar-refractivity contribution in [1.29, 1.82) is 0 Å². The lowest BCUT2D eigenvalue weighted by atomic mass is 9.69. The fourth-order valence-corrected chi connectivity index (χ4v) is 4.14. The molecule has 2 saturated carbocycles. The Hall–Kier alpha value is -0.300. The summed E-state index contributed by atoms with van der Waals surface area (Å²) in [6.45, 7) is 3.14. The Kier molecular flexibility index (Phi) is 5.75. The third-order valence-corrected chi connectivity index (χ3v) is 5.24. The van der Waals surface area contributed by atoms with Crippen molar-refractivity contribution in [3.05, 3.63) is 12.2 Å². The Bertz CT molecular complexity index is 242. The van der Waals surface area contributed by atoms with E-state index in [4.69, 9.17) is 4.74 Å². The minimum absolute atomic E-state index is 0.852. The van der Waals surface area contributed by atoms with Gasteiger partial charge in [0, 0.05) is 13.7 Å². The van der Waals surface area contributed by atoms with Crippen molar-refractivity contribution in [2.45, 2.75) is 58.3 Å². The van der Waals surface area contributed by atoms with Crippen LogP contribution in [0.3, 0.4) is 0 Å². The molecule has 2 fully saturated rings. The van der Waals surface area contributed by atoms with Gasteiger partial charge in [-0.25, -0.2) is 0 Å². The van der Waals surface area contributed by atoms with Gasteiger partial charge in [-0.2, -0.15) is 0 Å². The lowest BCUT2D eigenvalue weighted by Crippen LogP contribution is -2.26. The zero-order valence-electron chi connectivity index (χ0n) is 12.2. The van der Waals surface area contributed by atoms with Gasteiger partial charge in [0.2, 0.25) is 0 Å². The van der Waals surface area contributed by atoms with Gasteiger partial charge >= 0.3 is 0 Å². The molecule has 1 nitrogen and oxygen atoms in total. The Balaban J connectivity index is 1.71. The summed E-state index contributed by atoms with van der Waals surface area (Å²) in [5.74, 6) is 3.81. The van der Waals surface area contributed by atoms with Crippen molar-refractivity contribution in [3.8, 4) is 0 Å². The minimum Gasteiger partial charge on any atom is -0.384 e. The van der Waals surface area contributed by atoms with Gasteiger partial charge in [-0.05, 0) is 82.0 Å². The van der Waals surface area contributed by atoms with E-state index < -0.39 is 0 Å². The zero-order valence-corrected chi connectivity index (χ0v) is 12.2. The molecule has 0 aromatic heterocycles. The fourth-order valence-electron chi connectivity index (χ4n) is 4.14. The molecule has 2 aliphatic carbocycles. The first-order chi connectivity index (χ1) is 8.83. The molecule has 2 rings (SSSR count). The molecule has 0 aromatic carbocycles. The molecule has 0 heterocycles. The maximum atomic E-state index is 5.30. The smallest absolute Gasteiger partial charge is 0.0490 e. The molecular formula is C17H30O. The van der Waals surface area contributed by atoms with Gasteiger partial charge in [-0.15, -0.1) is 0 Å². The molecule has 104 valence electrons. The fraction of sp³-hybridized carbons (Fsp3) is 0.882. The Morgan fingerprint density at radius 3 is 1.94 bits per heavy atom. The predicted octanol–water partition coefficient (Wildman–Crippen LogP) is 4.82. The molecule has 0 saturated heterocycles. The Labute approximate surface area is 113 Å². The second-order valence-electron chi connectivity index (χ2n) is 6.44. The average Bonchev–Trinajstić information content (AvgIpc) is 2.41. The zero-order chi connectivity index (χ0) is 12.8. The summed E-state index contributed by atoms with van der Waals surface area (Å²) < 4.78 is 5.30. The summed E-state index contributed by atoms with van der Waals surface area (Å²) in [5.41, 5.74) is 0. The van der Waals surface area contributed by atoms with Crippen LogP contribution in [0.5, 0.6) is 0 Å². The highest BCUT2D eigenvalue weighted by atomic mass is 16.5. The van der Waals surface area contributed by atoms with Crippen LogP contribution >= 0.6 is 0 Å². The largest absolute Gasteiger partial charge is 0.384 e. The van der Waals surface area contributed by atoms with Crippen LogP contribution in [0, 0.1) is 23.7 Å². The molecule has 0 bridgehead atoms. The third-order valence-electron chi connectivity index (χ3n) is 5.24. The van der Waals surface area contributed by atoms with Gasteiger partial charge < -0.3 is 4.74 Å². The van der Waals surface area contributed by atoms with E-state index in [1.54, 1.807) is 0 Å². The number of rotatable bonds is 4. The van der Waals surface area contributed by atoms with E-state index >= 15 is 0 Å². The van der Waals surface area contributed by atoms with Crippen molar-refractivity contribution in [2.75, 3.05) is 13.7 Å². The van der Waals surface area contributed by atoms with Crippen molar-refractivity contribution in [2.24, 2.45) is 23.7 Å².